The molecule has 0 aliphatic rings. The molecule has 1 amide bonds. The predicted octanol–water partition coefficient (Wildman–Crippen LogP) is 3.30. The summed E-state index contributed by atoms with van der Waals surface area (Å²) < 4.78 is 0. The molecule has 0 radical (unpaired) electrons. The van der Waals surface area contributed by atoms with E-state index in [9.17, 15) is 14.9 Å². The van der Waals surface area contributed by atoms with Crippen LogP contribution in [0, 0.1) is 37.8 Å². The van der Waals surface area contributed by atoms with E-state index in [1.807, 2.05) is 32.9 Å². The number of benzene rings is 1. The topological polar surface area (TPSA) is 88.4 Å². The Labute approximate surface area is 146 Å². The molecule has 0 aliphatic heterocycles. The highest BCUT2D eigenvalue weighted by Gasteiger charge is 2.16. The molecule has 132 valence electrons. The van der Waals surface area contributed by atoms with Gasteiger partial charge in [0.05, 0.1) is 11.5 Å². The number of rotatable bonds is 5. The zero-order valence-electron chi connectivity index (χ0n) is 15.1. The van der Waals surface area contributed by atoms with Crippen molar-refractivity contribution in [2.75, 3.05) is 23.8 Å². The molecule has 0 spiro atoms. The average molecular weight is 342 g/mol. The number of carbonyl (C=O) groups excluding carboxylic acids is 1. The van der Waals surface area contributed by atoms with Crippen LogP contribution in [0.2, 0.25) is 0 Å². The Bertz CT molecular complexity index is 810. The smallest absolute Gasteiger partial charge is 0.287 e. The second kappa shape index (κ2) is 7.29. The van der Waals surface area contributed by atoms with E-state index in [0.717, 1.165) is 22.4 Å². The molecule has 0 fully saturated rings. The first-order valence-corrected chi connectivity index (χ1v) is 7.89. The monoisotopic (exact) mass is 342 g/mol. The molecule has 2 rings (SSSR count). The van der Waals surface area contributed by atoms with Crippen molar-refractivity contribution in [3.8, 4) is 0 Å². The van der Waals surface area contributed by atoms with Crippen LogP contribution in [0.25, 0.3) is 0 Å². The first-order valence-electron chi connectivity index (χ1n) is 7.89. The third kappa shape index (κ3) is 4.32. The van der Waals surface area contributed by atoms with Gasteiger partial charge in [-0.2, -0.15) is 0 Å². The summed E-state index contributed by atoms with van der Waals surface area (Å²) in [4.78, 5) is 28.5. The van der Waals surface area contributed by atoms with Gasteiger partial charge in [0, 0.05) is 18.8 Å². The zero-order chi connectivity index (χ0) is 18.7. The maximum Gasteiger partial charge on any atom is 0.287 e. The number of nitrogens with one attached hydrogen (secondary N) is 1. The minimum atomic E-state index is -0.487. The average Bonchev–Trinajstić information content (AvgIpc) is 2.50. The van der Waals surface area contributed by atoms with Gasteiger partial charge >= 0.3 is 0 Å². The van der Waals surface area contributed by atoms with E-state index in [0.29, 0.717) is 11.4 Å². The van der Waals surface area contributed by atoms with Gasteiger partial charge in [-0.1, -0.05) is 17.7 Å². The van der Waals surface area contributed by atoms with E-state index >= 15 is 0 Å². The normalized spacial score (nSPS) is 10.4. The van der Waals surface area contributed by atoms with Crippen LogP contribution in [0.4, 0.5) is 17.2 Å². The number of anilines is 2. The number of carbonyl (C=O) groups is 1. The summed E-state index contributed by atoms with van der Waals surface area (Å²) in [6.07, 6.45) is 1.20. The van der Waals surface area contributed by atoms with E-state index in [2.05, 4.69) is 10.3 Å². The lowest BCUT2D eigenvalue weighted by molar-refractivity contribution is -0.385. The molecule has 1 aromatic heterocycles. The number of nitro groups is 1. The number of amides is 1. The molecule has 2 aromatic rings. The van der Waals surface area contributed by atoms with E-state index in [4.69, 9.17) is 0 Å². The van der Waals surface area contributed by atoms with Crippen LogP contribution in [0.5, 0.6) is 0 Å². The second-order valence-electron chi connectivity index (χ2n) is 6.27. The molecule has 25 heavy (non-hydrogen) atoms. The molecule has 0 aliphatic carbocycles. The van der Waals surface area contributed by atoms with Crippen molar-refractivity contribution in [1.29, 1.82) is 0 Å². The second-order valence-corrected chi connectivity index (χ2v) is 6.27. The molecular weight excluding hydrogens is 320 g/mol. The fraction of sp³-hybridized carbons (Fsp3) is 0.333. The van der Waals surface area contributed by atoms with Crippen molar-refractivity contribution in [3.63, 3.8) is 0 Å². The number of nitrogens with zero attached hydrogens (tertiary/aromatic N) is 3. The Morgan fingerprint density at radius 2 is 1.76 bits per heavy atom. The van der Waals surface area contributed by atoms with Crippen LogP contribution in [-0.4, -0.2) is 29.4 Å². The molecule has 1 aromatic carbocycles. The van der Waals surface area contributed by atoms with Crippen molar-refractivity contribution < 1.29 is 9.72 Å². The third-order valence-corrected chi connectivity index (χ3v) is 3.93. The van der Waals surface area contributed by atoms with Gasteiger partial charge in [0.1, 0.15) is 12.0 Å². The lowest BCUT2D eigenvalue weighted by Crippen LogP contribution is -2.31. The van der Waals surface area contributed by atoms with Gasteiger partial charge in [0.15, 0.2) is 0 Å². The quantitative estimate of drug-likeness (QED) is 0.665. The molecule has 0 saturated carbocycles. The van der Waals surface area contributed by atoms with E-state index in [-0.39, 0.29) is 18.1 Å². The van der Waals surface area contributed by atoms with Crippen LogP contribution in [0.15, 0.2) is 24.4 Å². The van der Waals surface area contributed by atoms with Crippen molar-refractivity contribution in [2.24, 2.45) is 0 Å². The summed E-state index contributed by atoms with van der Waals surface area (Å²) in [6.45, 7) is 7.77. The highest BCUT2D eigenvalue weighted by molar-refractivity contribution is 5.95. The number of hydrogen-bond donors (Lipinski definition) is 1. The number of pyridine rings is 1. The molecule has 0 bridgehead atoms. The largest absolute Gasteiger partial charge is 0.350 e. The molecular formula is C18H22N4O3. The van der Waals surface area contributed by atoms with Crippen LogP contribution in [0.3, 0.4) is 0 Å². The zero-order valence-corrected chi connectivity index (χ0v) is 15.1. The molecule has 7 nitrogen and oxygen atoms in total. The van der Waals surface area contributed by atoms with Gasteiger partial charge in [-0.25, -0.2) is 4.98 Å². The van der Waals surface area contributed by atoms with Crippen LogP contribution < -0.4 is 10.2 Å². The van der Waals surface area contributed by atoms with Crippen molar-refractivity contribution >= 4 is 23.1 Å². The lowest BCUT2D eigenvalue weighted by atomic mass is 10.1. The number of likely N-dealkylation sites (N-methyl/N-ethyl adjacent to an activating group) is 1. The van der Waals surface area contributed by atoms with E-state index in [1.165, 1.54) is 12.3 Å². The SMILES string of the molecule is Cc1cc(C)c(NC(=O)CN(C)c2ncc([N+](=O)[O-])cc2C)c(C)c1. The standard InChI is InChI=1S/C18H22N4O3/c1-11-6-12(2)17(13(3)7-11)20-16(23)10-21(5)18-14(4)8-15(9-19-18)22(24)25/h6-9H,10H2,1-5H3,(H,20,23). The van der Waals surface area contributed by atoms with Gasteiger partial charge in [0.2, 0.25) is 5.91 Å². The molecule has 1 N–H and O–H groups in total. The molecule has 1 heterocycles. The van der Waals surface area contributed by atoms with Gasteiger partial charge in [-0.05, 0) is 44.4 Å². The Morgan fingerprint density at radius 3 is 2.28 bits per heavy atom. The van der Waals surface area contributed by atoms with E-state index < -0.39 is 4.92 Å². The Hall–Kier alpha value is -2.96. The van der Waals surface area contributed by atoms with E-state index in [1.54, 1.807) is 18.9 Å². The van der Waals surface area contributed by atoms with Crippen LogP contribution >= 0.6 is 0 Å². The first-order chi connectivity index (χ1) is 11.7. The van der Waals surface area contributed by atoms with Crippen molar-refractivity contribution in [2.45, 2.75) is 27.7 Å². The summed E-state index contributed by atoms with van der Waals surface area (Å²) in [7, 11) is 1.73. The van der Waals surface area contributed by atoms with Gasteiger partial charge in [-0.15, -0.1) is 0 Å². The van der Waals surface area contributed by atoms with Gasteiger partial charge in [0.25, 0.3) is 5.69 Å². The van der Waals surface area contributed by atoms with Crippen LogP contribution in [0.1, 0.15) is 22.3 Å². The first kappa shape index (κ1) is 18.4. The Balaban J connectivity index is 2.12. The lowest BCUT2D eigenvalue weighted by Gasteiger charge is -2.20. The van der Waals surface area contributed by atoms with Crippen LogP contribution in [-0.2, 0) is 4.79 Å². The Kier molecular flexibility index (Phi) is 5.36. The third-order valence-electron chi connectivity index (χ3n) is 3.93. The highest BCUT2D eigenvalue weighted by atomic mass is 16.6. The summed E-state index contributed by atoms with van der Waals surface area (Å²) in [5, 5.41) is 13.7. The fourth-order valence-electron chi connectivity index (χ4n) is 2.90. The minimum Gasteiger partial charge on any atom is -0.350 e. The van der Waals surface area contributed by atoms with Gasteiger partial charge in [-0.3, -0.25) is 14.9 Å². The number of aromatic nitrogens is 1. The fourth-order valence-corrected chi connectivity index (χ4v) is 2.90. The summed E-state index contributed by atoms with van der Waals surface area (Å²) >= 11 is 0. The van der Waals surface area contributed by atoms with Crippen molar-refractivity contribution in [1.82, 2.24) is 4.98 Å². The minimum absolute atomic E-state index is 0.0648. The van der Waals surface area contributed by atoms with Crippen molar-refractivity contribution in [3.05, 3.63) is 56.8 Å². The molecule has 0 atom stereocenters. The molecule has 0 saturated heterocycles. The Morgan fingerprint density at radius 1 is 1.16 bits per heavy atom. The maximum absolute atomic E-state index is 12.4. The maximum atomic E-state index is 12.4. The summed E-state index contributed by atoms with van der Waals surface area (Å²) in [5.74, 6) is 0.371. The predicted molar refractivity (Wildman–Crippen MR) is 98.2 cm³/mol. The summed E-state index contributed by atoms with van der Waals surface area (Å²) in [6, 6.07) is 5.49. The summed E-state index contributed by atoms with van der Waals surface area (Å²) in [5.41, 5.74) is 4.57. The molecule has 7 heteroatoms. The highest BCUT2D eigenvalue weighted by Crippen LogP contribution is 2.23. The number of hydrogen-bond acceptors (Lipinski definition) is 5. The number of aryl methyl sites for hydroxylation is 4. The molecule has 0 unspecified atom stereocenters. The van der Waals surface area contributed by atoms with Gasteiger partial charge < -0.3 is 10.2 Å².